The fraction of sp³-hybridized carbons (Fsp3) is 0.240. The van der Waals surface area contributed by atoms with Gasteiger partial charge in [-0.05, 0) is 73.7 Å². The van der Waals surface area contributed by atoms with Gasteiger partial charge in [0.15, 0.2) is 0 Å². The molecular weight excluding hydrogens is 442 g/mol. The molecule has 0 spiro atoms. The lowest BCUT2D eigenvalue weighted by atomic mass is 9.95. The van der Waals surface area contributed by atoms with Gasteiger partial charge >= 0.3 is 0 Å². The second kappa shape index (κ2) is 7.87. The summed E-state index contributed by atoms with van der Waals surface area (Å²) in [5.74, 6) is 0.561. The number of benzene rings is 2. The Morgan fingerprint density at radius 1 is 1.19 bits per heavy atom. The summed E-state index contributed by atoms with van der Waals surface area (Å²) in [7, 11) is 1.60. The predicted octanol–water partition coefficient (Wildman–Crippen LogP) is 6.06. The van der Waals surface area contributed by atoms with Gasteiger partial charge in [-0.15, -0.1) is 11.3 Å². The molecule has 1 saturated carbocycles. The first kappa shape index (κ1) is 20.9. The van der Waals surface area contributed by atoms with Crippen molar-refractivity contribution in [3.8, 4) is 16.2 Å². The Balaban J connectivity index is 1.59. The van der Waals surface area contributed by atoms with Crippen LogP contribution in [0.25, 0.3) is 21.3 Å². The molecule has 0 aliphatic heterocycles. The summed E-state index contributed by atoms with van der Waals surface area (Å²) in [5, 5.41) is 5.76. The number of fused-ring (bicyclic) bond motifs is 1. The number of hydrogen-bond donors (Lipinski definition) is 1. The van der Waals surface area contributed by atoms with Gasteiger partial charge in [0, 0.05) is 17.1 Å². The third-order valence-corrected chi connectivity index (χ3v) is 7.39. The van der Waals surface area contributed by atoms with E-state index in [0.717, 1.165) is 50.3 Å². The second-order valence-corrected chi connectivity index (χ2v) is 9.73. The molecule has 5 rings (SSSR count). The van der Waals surface area contributed by atoms with Crippen molar-refractivity contribution >= 4 is 39.7 Å². The molecule has 0 bridgehead atoms. The van der Waals surface area contributed by atoms with Gasteiger partial charge in [-0.1, -0.05) is 23.7 Å². The Hall–Kier alpha value is -2.96. The van der Waals surface area contributed by atoms with Gasteiger partial charge in [0.05, 0.1) is 28.1 Å². The highest BCUT2D eigenvalue weighted by molar-refractivity contribution is 7.15. The normalized spacial score (nSPS) is 14.4. The highest BCUT2D eigenvalue weighted by Crippen LogP contribution is 2.49. The number of aromatic nitrogens is 2. The van der Waals surface area contributed by atoms with Crippen LogP contribution in [-0.2, 0) is 5.54 Å². The minimum Gasteiger partial charge on any atom is -0.497 e. The molecule has 2 aromatic heterocycles. The molecule has 162 valence electrons. The lowest BCUT2D eigenvalue weighted by Gasteiger charge is -2.22. The van der Waals surface area contributed by atoms with E-state index in [1.807, 2.05) is 38.1 Å². The van der Waals surface area contributed by atoms with Gasteiger partial charge < -0.3 is 10.1 Å². The first-order valence-corrected chi connectivity index (χ1v) is 11.6. The van der Waals surface area contributed by atoms with Crippen LogP contribution >= 0.6 is 22.9 Å². The summed E-state index contributed by atoms with van der Waals surface area (Å²) in [6.45, 7) is 3.88. The molecule has 1 aliphatic rings. The number of hydrogen-bond acceptors (Lipinski definition) is 5. The van der Waals surface area contributed by atoms with E-state index in [4.69, 9.17) is 16.3 Å². The molecule has 0 radical (unpaired) electrons. The number of thiazole rings is 1. The van der Waals surface area contributed by atoms with Crippen LogP contribution in [0.5, 0.6) is 5.75 Å². The molecule has 1 aliphatic carbocycles. The van der Waals surface area contributed by atoms with Gasteiger partial charge in [0.1, 0.15) is 10.9 Å². The van der Waals surface area contributed by atoms with Crippen LogP contribution in [0.15, 0.2) is 48.7 Å². The quantitative estimate of drug-likeness (QED) is 0.391. The molecule has 2 aromatic carbocycles. The van der Waals surface area contributed by atoms with Crippen molar-refractivity contribution in [1.29, 1.82) is 0 Å². The number of pyridine rings is 1. The Bertz CT molecular complexity index is 1360. The van der Waals surface area contributed by atoms with E-state index >= 15 is 0 Å². The zero-order valence-corrected chi connectivity index (χ0v) is 19.6. The number of amides is 1. The van der Waals surface area contributed by atoms with E-state index in [0.29, 0.717) is 16.5 Å². The average molecular weight is 464 g/mol. The number of nitrogens with one attached hydrogen (secondary N) is 1. The fourth-order valence-electron chi connectivity index (χ4n) is 4.13. The third-order valence-electron chi connectivity index (χ3n) is 5.98. The van der Waals surface area contributed by atoms with E-state index < -0.39 is 5.54 Å². The standard InChI is InChI=1S/C25H22ClN3O2S/c1-14-6-7-17(31-3)13-19(14)24(30)29-25(8-9-25)20-11-16(22-23(26)28-15(2)32-22)12-21-18(20)5-4-10-27-21/h4-7,10-13H,8-9H2,1-3H3,(H,29,30). The first-order valence-electron chi connectivity index (χ1n) is 10.4. The molecule has 1 amide bonds. The maximum atomic E-state index is 13.3. The van der Waals surface area contributed by atoms with E-state index in [1.165, 1.54) is 0 Å². The number of methoxy groups -OCH3 is 1. The van der Waals surface area contributed by atoms with E-state index in [-0.39, 0.29) is 5.91 Å². The zero-order chi connectivity index (χ0) is 22.5. The Morgan fingerprint density at radius 2 is 2.00 bits per heavy atom. The van der Waals surface area contributed by atoms with Crippen molar-refractivity contribution in [2.24, 2.45) is 0 Å². The van der Waals surface area contributed by atoms with Crippen LogP contribution in [0.2, 0.25) is 5.15 Å². The Labute approximate surface area is 195 Å². The van der Waals surface area contributed by atoms with Crippen molar-refractivity contribution in [1.82, 2.24) is 15.3 Å². The van der Waals surface area contributed by atoms with Gasteiger partial charge in [0.25, 0.3) is 5.91 Å². The fourth-order valence-corrected chi connectivity index (χ4v) is 5.33. The van der Waals surface area contributed by atoms with Crippen LogP contribution in [0.1, 0.15) is 39.3 Å². The lowest BCUT2D eigenvalue weighted by Crippen LogP contribution is -2.35. The molecular formula is C25H22ClN3O2S. The van der Waals surface area contributed by atoms with Gasteiger partial charge in [-0.25, -0.2) is 4.98 Å². The maximum absolute atomic E-state index is 13.3. The first-order chi connectivity index (χ1) is 15.4. The number of rotatable bonds is 5. The van der Waals surface area contributed by atoms with Crippen molar-refractivity contribution in [2.75, 3.05) is 7.11 Å². The molecule has 0 unspecified atom stereocenters. The lowest BCUT2D eigenvalue weighted by molar-refractivity contribution is 0.0930. The average Bonchev–Trinajstić information content (AvgIpc) is 3.48. The molecule has 0 atom stereocenters. The van der Waals surface area contributed by atoms with Crippen LogP contribution in [0.3, 0.4) is 0 Å². The number of carbonyl (C=O) groups excluding carboxylic acids is 1. The molecule has 5 nitrogen and oxygen atoms in total. The number of ether oxygens (including phenoxy) is 1. The highest BCUT2D eigenvalue weighted by atomic mass is 35.5. The molecule has 0 saturated heterocycles. The van der Waals surface area contributed by atoms with Crippen molar-refractivity contribution in [3.63, 3.8) is 0 Å². The molecule has 1 fully saturated rings. The summed E-state index contributed by atoms with van der Waals surface area (Å²) in [6.07, 6.45) is 3.52. The SMILES string of the molecule is COc1ccc(C)c(C(=O)NC2(c3cc(-c4sc(C)nc4Cl)cc4ncccc34)CC2)c1. The van der Waals surface area contributed by atoms with Gasteiger partial charge in [0.2, 0.25) is 0 Å². The third kappa shape index (κ3) is 3.63. The molecule has 4 aromatic rings. The largest absolute Gasteiger partial charge is 0.497 e. The van der Waals surface area contributed by atoms with E-state index in [2.05, 4.69) is 27.4 Å². The Morgan fingerprint density at radius 3 is 2.69 bits per heavy atom. The Kier molecular flexibility index (Phi) is 5.14. The van der Waals surface area contributed by atoms with Gasteiger partial charge in [-0.2, -0.15) is 0 Å². The molecule has 1 N–H and O–H groups in total. The zero-order valence-electron chi connectivity index (χ0n) is 18.0. The van der Waals surface area contributed by atoms with Gasteiger partial charge in [-0.3, -0.25) is 9.78 Å². The summed E-state index contributed by atoms with van der Waals surface area (Å²) in [4.78, 5) is 23.2. The van der Waals surface area contributed by atoms with Crippen LogP contribution in [0.4, 0.5) is 0 Å². The minimum atomic E-state index is -0.434. The number of aryl methyl sites for hydroxylation is 2. The number of halogens is 1. The van der Waals surface area contributed by atoms with E-state index in [1.54, 1.807) is 30.7 Å². The summed E-state index contributed by atoms with van der Waals surface area (Å²) >= 11 is 7.98. The summed E-state index contributed by atoms with van der Waals surface area (Å²) in [5.41, 5.74) is 4.01. The number of carbonyl (C=O) groups is 1. The highest BCUT2D eigenvalue weighted by Gasteiger charge is 2.47. The second-order valence-electron chi connectivity index (χ2n) is 8.16. The molecule has 7 heteroatoms. The monoisotopic (exact) mass is 463 g/mol. The minimum absolute atomic E-state index is 0.104. The van der Waals surface area contributed by atoms with Crippen molar-refractivity contribution in [3.05, 3.63) is 75.5 Å². The predicted molar refractivity (Wildman–Crippen MR) is 129 cm³/mol. The van der Waals surface area contributed by atoms with Crippen LogP contribution in [-0.4, -0.2) is 23.0 Å². The summed E-state index contributed by atoms with van der Waals surface area (Å²) < 4.78 is 5.32. The van der Waals surface area contributed by atoms with E-state index in [9.17, 15) is 4.79 Å². The maximum Gasteiger partial charge on any atom is 0.252 e. The molecule has 2 heterocycles. The topological polar surface area (TPSA) is 64.1 Å². The summed E-state index contributed by atoms with van der Waals surface area (Å²) in [6, 6.07) is 13.7. The van der Waals surface area contributed by atoms with Crippen LogP contribution < -0.4 is 10.1 Å². The van der Waals surface area contributed by atoms with Crippen molar-refractivity contribution < 1.29 is 9.53 Å². The molecule has 32 heavy (non-hydrogen) atoms. The number of nitrogens with zero attached hydrogens (tertiary/aromatic N) is 2. The smallest absolute Gasteiger partial charge is 0.252 e. The van der Waals surface area contributed by atoms with Crippen LogP contribution in [0, 0.1) is 13.8 Å². The van der Waals surface area contributed by atoms with Crippen molar-refractivity contribution in [2.45, 2.75) is 32.2 Å².